The Hall–Kier alpha value is -4.64. The monoisotopic (exact) mass is 825 g/mol. The standard InChI is InChI=1S/C30H18N3.C13H24O2.Ir/c1-3-8-20(9-4-1)22-18-21-15-17-32-29-25-13-14-26-24(12-7-16-31-26)30(25)33(27(19-22)28(21)29)23-10-5-2-6-11-23;1-5-10(6-2)12(14)9-13(15)11(7-3)8-4;/h1-12,14-19H;9-11,14H,5-8H2,1-4H3;/q-1;;/b;12-9-;. The summed E-state index contributed by atoms with van der Waals surface area (Å²) in [6.07, 6.45) is 8.64. The SMILES string of the molecule is CCC(CC)C(=O)/C=C(\O)C(CC)CC.[Ir].[c-]1cc2ncccc2c2c1-c1nccc3cc(-c4ccccc4)cc(c13)N2c1ccccc1. The normalized spacial score (nSPS) is 12.0. The summed E-state index contributed by atoms with van der Waals surface area (Å²) in [4.78, 5) is 23.5. The number of carbonyl (C=O) groups excluding carboxylic acids is 1. The second-order valence-electron chi connectivity index (χ2n) is 12.2. The Kier molecular flexibility index (Phi) is 11.8. The van der Waals surface area contributed by atoms with Crippen LogP contribution in [0.4, 0.5) is 17.1 Å². The molecule has 3 heterocycles. The summed E-state index contributed by atoms with van der Waals surface area (Å²) in [5.74, 6) is 0.547. The number of allylic oxidation sites excluding steroid dienone is 2. The van der Waals surface area contributed by atoms with Gasteiger partial charge in [0.1, 0.15) is 0 Å². The summed E-state index contributed by atoms with van der Waals surface area (Å²) in [5.41, 5.74) is 8.57. The minimum atomic E-state index is 0. The number of nitrogens with zero attached hydrogens (tertiary/aromatic N) is 3. The van der Waals surface area contributed by atoms with Gasteiger partial charge < -0.3 is 20.0 Å². The molecule has 4 aromatic carbocycles. The van der Waals surface area contributed by atoms with E-state index in [-0.39, 0.29) is 43.5 Å². The van der Waals surface area contributed by atoms with Crippen LogP contribution in [-0.4, -0.2) is 20.9 Å². The second kappa shape index (κ2) is 16.2. The van der Waals surface area contributed by atoms with Crippen LogP contribution in [0.1, 0.15) is 53.4 Å². The zero-order valence-electron chi connectivity index (χ0n) is 28.5. The van der Waals surface area contributed by atoms with Gasteiger partial charge in [-0.15, -0.1) is 17.7 Å². The summed E-state index contributed by atoms with van der Waals surface area (Å²) < 4.78 is 0. The van der Waals surface area contributed by atoms with E-state index in [2.05, 4.69) is 101 Å². The summed E-state index contributed by atoms with van der Waals surface area (Å²) >= 11 is 0. The maximum absolute atomic E-state index is 11.7. The molecule has 0 unspecified atom stereocenters. The molecular formula is C43H42IrN3O2-. The molecule has 251 valence electrons. The van der Waals surface area contributed by atoms with Gasteiger partial charge in [0, 0.05) is 61.8 Å². The molecular weight excluding hydrogens is 783 g/mol. The summed E-state index contributed by atoms with van der Waals surface area (Å²) in [6, 6.07) is 37.3. The number of aliphatic hydroxyl groups excluding tert-OH is 1. The van der Waals surface area contributed by atoms with Gasteiger partial charge in [0.05, 0.1) is 5.76 Å². The molecule has 49 heavy (non-hydrogen) atoms. The van der Waals surface area contributed by atoms with Gasteiger partial charge in [0.2, 0.25) is 0 Å². The van der Waals surface area contributed by atoms with Crippen molar-refractivity contribution in [1.29, 1.82) is 0 Å². The topological polar surface area (TPSA) is 66.3 Å². The van der Waals surface area contributed by atoms with E-state index >= 15 is 0 Å². The van der Waals surface area contributed by atoms with Crippen molar-refractivity contribution in [1.82, 2.24) is 9.97 Å². The third-order valence-corrected chi connectivity index (χ3v) is 9.43. The van der Waals surface area contributed by atoms with Crippen LogP contribution in [-0.2, 0) is 24.9 Å². The number of carbonyl (C=O) groups is 1. The number of hydrogen-bond donors (Lipinski definition) is 1. The summed E-state index contributed by atoms with van der Waals surface area (Å²) in [6.45, 7) is 8.07. The zero-order valence-corrected chi connectivity index (χ0v) is 30.9. The first-order valence-electron chi connectivity index (χ1n) is 17.1. The largest absolute Gasteiger partial charge is 0.512 e. The van der Waals surface area contributed by atoms with E-state index in [1.807, 2.05) is 52.2 Å². The van der Waals surface area contributed by atoms with Gasteiger partial charge in [0.25, 0.3) is 0 Å². The van der Waals surface area contributed by atoms with Crippen molar-refractivity contribution >= 4 is 44.5 Å². The van der Waals surface area contributed by atoms with E-state index < -0.39 is 0 Å². The summed E-state index contributed by atoms with van der Waals surface area (Å²) in [7, 11) is 0. The number of ketones is 1. The number of hydrogen-bond acceptors (Lipinski definition) is 5. The van der Waals surface area contributed by atoms with Crippen molar-refractivity contribution in [3.05, 3.63) is 127 Å². The van der Waals surface area contributed by atoms with Crippen LogP contribution in [0.15, 0.2) is 121 Å². The maximum atomic E-state index is 11.7. The molecule has 5 nitrogen and oxygen atoms in total. The molecule has 7 rings (SSSR count). The molecule has 0 bridgehead atoms. The van der Waals surface area contributed by atoms with Gasteiger partial charge in [-0.1, -0.05) is 87.7 Å². The van der Waals surface area contributed by atoms with Crippen molar-refractivity contribution < 1.29 is 30.0 Å². The zero-order chi connectivity index (χ0) is 33.6. The van der Waals surface area contributed by atoms with Crippen LogP contribution in [0.25, 0.3) is 44.1 Å². The molecule has 1 radical (unpaired) electrons. The van der Waals surface area contributed by atoms with Crippen molar-refractivity contribution in [3.8, 4) is 22.4 Å². The molecule has 6 aromatic rings. The Balaban J connectivity index is 0.000000252. The molecule has 0 fully saturated rings. The van der Waals surface area contributed by atoms with Crippen molar-refractivity contribution in [2.24, 2.45) is 11.8 Å². The van der Waals surface area contributed by atoms with Crippen LogP contribution in [0, 0.1) is 17.9 Å². The molecule has 6 heteroatoms. The number of para-hydroxylation sites is 1. The fourth-order valence-corrected chi connectivity index (χ4v) is 6.69. The molecule has 1 aliphatic heterocycles. The molecule has 0 saturated carbocycles. The predicted octanol–water partition coefficient (Wildman–Crippen LogP) is 11.6. The Morgan fingerprint density at radius 1 is 0.796 bits per heavy atom. The molecule has 0 saturated heterocycles. The minimum absolute atomic E-state index is 0. The van der Waals surface area contributed by atoms with E-state index in [0.717, 1.165) is 70.3 Å². The molecule has 1 aliphatic rings. The molecule has 0 spiro atoms. The number of pyridine rings is 2. The second-order valence-corrected chi connectivity index (χ2v) is 12.2. The first kappa shape index (κ1) is 35.7. The van der Waals surface area contributed by atoms with Crippen LogP contribution < -0.4 is 4.90 Å². The third kappa shape index (κ3) is 7.22. The smallest absolute Gasteiger partial charge is 0.162 e. The van der Waals surface area contributed by atoms with E-state index in [9.17, 15) is 9.90 Å². The fraction of sp³-hybridized carbons (Fsp3) is 0.233. The van der Waals surface area contributed by atoms with E-state index in [1.54, 1.807) is 0 Å². The average molecular weight is 825 g/mol. The quantitative estimate of drug-likeness (QED) is 0.0892. The summed E-state index contributed by atoms with van der Waals surface area (Å²) in [5, 5.41) is 13.2. The fourth-order valence-electron chi connectivity index (χ4n) is 6.69. The Labute approximate surface area is 303 Å². The molecule has 2 aromatic heterocycles. The van der Waals surface area contributed by atoms with Gasteiger partial charge in [-0.05, 0) is 101 Å². The Morgan fingerprint density at radius 2 is 1.47 bits per heavy atom. The van der Waals surface area contributed by atoms with Gasteiger partial charge >= 0.3 is 0 Å². The maximum Gasteiger partial charge on any atom is 0.162 e. The molecule has 0 aliphatic carbocycles. The number of aliphatic hydroxyl groups is 1. The Bertz CT molecular complexity index is 2070. The molecule has 1 N–H and O–H groups in total. The molecule has 0 amide bonds. The van der Waals surface area contributed by atoms with Gasteiger partial charge in [-0.25, -0.2) is 0 Å². The van der Waals surface area contributed by atoms with Gasteiger partial charge in [-0.3, -0.25) is 4.79 Å². The number of fused-ring (bicyclic) bond motifs is 4. The third-order valence-electron chi connectivity index (χ3n) is 9.43. The van der Waals surface area contributed by atoms with Crippen LogP contribution in [0.3, 0.4) is 0 Å². The Morgan fingerprint density at radius 3 is 2.14 bits per heavy atom. The number of rotatable bonds is 9. The predicted molar refractivity (Wildman–Crippen MR) is 199 cm³/mol. The number of anilines is 3. The van der Waals surface area contributed by atoms with Crippen molar-refractivity contribution in [2.45, 2.75) is 53.4 Å². The first-order valence-corrected chi connectivity index (χ1v) is 17.1. The number of benzene rings is 4. The average Bonchev–Trinajstić information content (AvgIpc) is 3.13. The van der Waals surface area contributed by atoms with E-state index in [1.165, 1.54) is 22.6 Å². The van der Waals surface area contributed by atoms with Crippen LogP contribution in [0.2, 0.25) is 0 Å². The van der Waals surface area contributed by atoms with Crippen LogP contribution >= 0.6 is 0 Å². The van der Waals surface area contributed by atoms with Gasteiger partial charge in [0.15, 0.2) is 5.78 Å². The van der Waals surface area contributed by atoms with Crippen LogP contribution in [0.5, 0.6) is 0 Å². The first-order chi connectivity index (χ1) is 23.5. The number of aromatic nitrogens is 2. The van der Waals surface area contributed by atoms with E-state index in [0.29, 0.717) is 0 Å². The van der Waals surface area contributed by atoms with E-state index in [4.69, 9.17) is 4.98 Å². The molecule has 0 atom stereocenters. The van der Waals surface area contributed by atoms with Gasteiger partial charge in [-0.2, -0.15) is 0 Å². The van der Waals surface area contributed by atoms with Crippen molar-refractivity contribution in [2.75, 3.05) is 4.90 Å². The minimum Gasteiger partial charge on any atom is -0.512 e. The van der Waals surface area contributed by atoms with Crippen molar-refractivity contribution in [3.63, 3.8) is 0 Å².